The Morgan fingerprint density at radius 1 is 1.10 bits per heavy atom. The maximum atomic E-state index is 5.54. The van der Waals surface area contributed by atoms with Gasteiger partial charge in [0.25, 0.3) is 0 Å². The highest BCUT2D eigenvalue weighted by Gasteiger charge is 2.22. The Balaban J connectivity index is 1.54. The first-order valence-electron chi connectivity index (χ1n) is 6.87. The Morgan fingerprint density at radius 3 is 2.90 bits per heavy atom. The van der Waals surface area contributed by atoms with Crippen LogP contribution in [-0.4, -0.2) is 18.5 Å². The van der Waals surface area contributed by atoms with E-state index in [1.165, 1.54) is 11.3 Å². The third-order valence-electron chi connectivity index (χ3n) is 3.76. The number of fused-ring (bicyclic) bond motifs is 2. The number of ether oxygens (including phenoxy) is 2. The van der Waals surface area contributed by atoms with E-state index in [-0.39, 0.29) is 6.79 Å². The molecule has 0 saturated heterocycles. The molecule has 1 N–H and O–H groups in total. The smallest absolute Gasteiger partial charge is 0.231 e. The number of nitrogens with one attached hydrogen (secondary N) is 1. The molecule has 0 radical (unpaired) electrons. The van der Waals surface area contributed by atoms with Crippen molar-refractivity contribution in [2.45, 2.75) is 6.42 Å². The summed E-state index contributed by atoms with van der Waals surface area (Å²) in [6, 6.07) is 14.1. The Kier molecular flexibility index (Phi) is 2.93. The zero-order chi connectivity index (χ0) is 14.2. The molecule has 106 valence electrons. The molecule has 21 heavy (non-hydrogen) atoms. The minimum atomic E-state index is 0.280. The van der Waals surface area contributed by atoms with E-state index in [0.29, 0.717) is 5.11 Å². The highest BCUT2D eigenvalue weighted by atomic mass is 32.1. The van der Waals surface area contributed by atoms with Crippen LogP contribution in [0.25, 0.3) is 0 Å². The Bertz CT molecular complexity index is 717. The summed E-state index contributed by atoms with van der Waals surface area (Å²) in [7, 11) is 0. The van der Waals surface area contributed by atoms with Crippen molar-refractivity contribution in [1.29, 1.82) is 0 Å². The summed E-state index contributed by atoms with van der Waals surface area (Å²) >= 11 is 5.54. The van der Waals surface area contributed by atoms with E-state index < -0.39 is 0 Å². The molecule has 4 nitrogen and oxygen atoms in total. The lowest BCUT2D eigenvalue weighted by atomic mass is 10.2. The van der Waals surface area contributed by atoms with E-state index in [2.05, 4.69) is 28.4 Å². The first-order chi connectivity index (χ1) is 10.3. The van der Waals surface area contributed by atoms with Gasteiger partial charge in [0.05, 0.1) is 0 Å². The Hall–Kier alpha value is -2.27. The van der Waals surface area contributed by atoms with Crippen molar-refractivity contribution in [3.63, 3.8) is 0 Å². The zero-order valence-corrected chi connectivity index (χ0v) is 12.2. The molecule has 2 heterocycles. The lowest BCUT2D eigenvalue weighted by Crippen LogP contribution is -2.33. The number of hydrogen-bond donors (Lipinski definition) is 1. The molecule has 0 amide bonds. The van der Waals surface area contributed by atoms with Crippen LogP contribution in [0.4, 0.5) is 11.4 Å². The summed E-state index contributed by atoms with van der Waals surface area (Å²) in [5, 5.41) is 3.98. The van der Waals surface area contributed by atoms with E-state index in [1.807, 2.05) is 24.3 Å². The normalized spacial score (nSPS) is 15.0. The molecular weight excluding hydrogens is 284 g/mol. The number of para-hydroxylation sites is 1. The van der Waals surface area contributed by atoms with Gasteiger partial charge in [-0.1, -0.05) is 18.2 Å². The molecule has 0 unspecified atom stereocenters. The molecule has 5 heteroatoms. The Morgan fingerprint density at radius 2 is 1.95 bits per heavy atom. The second-order valence-electron chi connectivity index (χ2n) is 5.03. The number of anilines is 2. The van der Waals surface area contributed by atoms with Gasteiger partial charge >= 0.3 is 0 Å². The number of nitrogens with zero attached hydrogens (tertiary/aromatic N) is 1. The van der Waals surface area contributed by atoms with Crippen LogP contribution in [0.3, 0.4) is 0 Å². The average molecular weight is 298 g/mol. The summed E-state index contributed by atoms with van der Waals surface area (Å²) in [5.74, 6) is 1.53. The van der Waals surface area contributed by atoms with Crippen molar-refractivity contribution >= 4 is 28.7 Å². The van der Waals surface area contributed by atoms with Gasteiger partial charge in [0, 0.05) is 24.0 Å². The van der Waals surface area contributed by atoms with Crippen LogP contribution in [0.5, 0.6) is 11.5 Å². The van der Waals surface area contributed by atoms with Crippen molar-refractivity contribution in [1.82, 2.24) is 0 Å². The predicted octanol–water partition coefficient (Wildman–Crippen LogP) is 3.17. The van der Waals surface area contributed by atoms with Gasteiger partial charge in [-0.05, 0) is 42.4 Å². The van der Waals surface area contributed by atoms with E-state index in [0.717, 1.165) is 30.2 Å². The molecule has 0 aliphatic carbocycles. The zero-order valence-electron chi connectivity index (χ0n) is 11.3. The number of rotatable bonds is 1. The number of hydrogen-bond acceptors (Lipinski definition) is 3. The average Bonchev–Trinajstić information content (AvgIpc) is 3.13. The molecule has 0 fully saturated rings. The standard InChI is InChI=1S/C16H14N2O2S/c21-16(18-8-7-11-3-1-2-4-13(11)18)17-12-5-6-14-15(9-12)20-10-19-14/h1-6,9H,7-8,10H2,(H,17,21). The van der Waals surface area contributed by atoms with Gasteiger partial charge in [-0.15, -0.1) is 0 Å². The van der Waals surface area contributed by atoms with Crippen LogP contribution in [0.1, 0.15) is 5.56 Å². The highest BCUT2D eigenvalue weighted by Crippen LogP contribution is 2.35. The monoisotopic (exact) mass is 298 g/mol. The van der Waals surface area contributed by atoms with Gasteiger partial charge in [-0.3, -0.25) is 0 Å². The molecule has 0 bridgehead atoms. The maximum absolute atomic E-state index is 5.54. The Labute approximate surface area is 128 Å². The first kappa shape index (κ1) is 12.5. The molecule has 0 aromatic heterocycles. The van der Waals surface area contributed by atoms with Crippen molar-refractivity contribution in [3.05, 3.63) is 48.0 Å². The summed E-state index contributed by atoms with van der Waals surface area (Å²) in [6.45, 7) is 1.19. The van der Waals surface area contributed by atoms with Crippen LogP contribution >= 0.6 is 12.2 Å². The largest absolute Gasteiger partial charge is 0.454 e. The van der Waals surface area contributed by atoms with Crippen molar-refractivity contribution in [2.24, 2.45) is 0 Å². The van der Waals surface area contributed by atoms with Crippen molar-refractivity contribution in [3.8, 4) is 11.5 Å². The van der Waals surface area contributed by atoms with E-state index in [9.17, 15) is 0 Å². The summed E-state index contributed by atoms with van der Waals surface area (Å²) in [5.41, 5.74) is 3.44. The molecule has 2 aromatic carbocycles. The number of thiocarbonyl (C=S) groups is 1. The lowest BCUT2D eigenvalue weighted by Gasteiger charge is -2.21. The molecule has 0 atom stereocenters. The lowest BCUT2D eigenvalue weighted by molar-refractivity contribution is 0.174. The SMILES string of the molecule is S=C(Nc1ccc2c(c1)OCO2)N1CCc2ccccc21. The molecule has 2 aromatic rings. The third-order valence-corrected chi connectivity index (χ3v) is 4.08. The van der Waals surface area contributed by atoms with Crippen LogP contribution in [0.2, 0.25) is 0 Å². The molecule has 0 saturated carbocycles. The summed E-state index contributed by atoms with van der Waals surface area (Å²) in [4.78, 5) is 2.13. The van der Waals surface area contributed by atoms with Crippen LogP contribution in [-0.2, 0) is 6.42 Å². The summed E-state index contributed by atoms with van der Waals surface area (Å²) in [6.07, 6.45) is 1.03. The molecule has 4 rings (SSSR count). The maximum Gasteiger partial charge on any atom is 0.231 e. The fraction of sp³-hybridized carbons (Fsp3) is 0.188. The van der Waals surface area contributed by atoms with E-state index >= 15 is 0 Å². The fourth-order valence-electron chi connectivity index (χ4n) is 2.71. The van der Waals surface area contributed by atoms with Crippen molar-refractivity contribution < 1.29 is 9.47 Å². The minimum Gasteiger partial charge on any atom is -0.454 e. The van der Waals surface area contributed by atoms with Crippen LogP contribution in [0, 0.1) is 0 Å². The van der Waals surface area contributed by atoms with Crippen LogP contribution < -0.4 is 19.7 Å². The minimum absolute atomic E-state index is 0.280. The molecular formula is C16H14N2O2S. The molecule has 2 aliphatic heterocycles. The van der Waals surface area contributed by atoms with Gasteiger partial charge < -0.3 is 19.7 Å². The second kappa shape index (κ2) is 4.93. The van der Waals surface area contributed by atoms with Crippen LogP contribution in [0.15, 0.2) is 42.5 Å². The first-order valence-corrected chi connectivity index (χ1v) is 7.28. The quantitative estimate of drug-likeness (QED) is 0.818. The van der Waals surface area contributed by atoms with Gasteiger partial charge in [0.2, 0.25) is 6.79 Å². The topological polar surface area (TPSA) is 33.7 Å². The molecule has 0 spiro atoms. The van der Waals surface area contributed by atoms with Gasteiger partial charge in [0.15, 0.2) is 16.6 Å². The van der Waals surface area contributed by atoms with E-state index in [1.54, 1.807) is 0 Å². The summed E-state index contributed by atoms with van der Waals surface area (Å²) < 4.78 is 10.7. The fourth-order valence-corrected chi connectivity index (χ4v) is 3.02. The van der Waals surface area contributed by atoms with Gasteiger partial charge in [0.1, 0.15) is 0 Å². The second-order valence-corrected chi connectivity index (χ2v) is 5.42. The van der Waals surface area contributed by atoms with Crippen molar-refractivity contribution in [2.75, 3.05) is 23.6 Å². The third kappa shape index (κ3) is 2.19. The highest BCUT2D eigenvalue weighted by molar-refractivity contribution is 7.80. The predicted molar refractivity (Wildman–Crippen MR) is 86.3 cm³/mol. The number of benzene rings is 2. The molecule has 2 aliphatic rings. The van der Waals surface area contributed by atoms with Gasteiger partial charge in [-0.2, -0.15) is 0 Å². The van der Waals surface area contributed by atoms with Gasteiger partial charge in [-0.25, -0.2) is 0 Å². The van der Waals surface area contributed by atoms with E-state index in [4.69, 9.17) is 21.7 Å².